The molecule has 2 amide bonds. The maximum absolute atomic E-state index is 12.8. The van der Waals surface area contributed by atoms with Crippen molar-refractivity contribution in [1.82, 2.24) is 4.90 Å². The number of ether oxygens (including phenoxy) is 2. The summed E-state index contributed by atoms with van der Waals surface area (Å²) in [5.74, 6) is 1.19. The third-order valence-electron chi connectivity index (χ3n) is 4.92. The van der Waals surface area contributed by atoms with Crippen LogP contribution in [0.2, 0.25) is 0 Å². The molecule has 28 heavy (non-hydrogen) atoms. The molecule has 1 aliphatic rings. The second kappa shape index (κ2) is 9.26. The summed E-state index contributed by atoms with van der Waals surface area (Å²) < 4.78 is 10.7. The van der Waals surface area contributed by atoms with Crippen LogP contribution >= 0.6 is 0 Å². The number of nitrogens with one attached hydrogen (secondary N) is 1. The molecule has 3 rings (SSSR count). The van der Waals surface area contributed by atoms with E-state index in [1.54, 1.807) is 24.1 Å². The van der Waals surface area contributed by atoms with Gasteiger partial charge in [0, 0.05) is 24.7 Å². The van der Waals surface area contributed by atoms with Crippen LogP contribution in [0.1, 0.15) is 30.1 Å². The number of para-hydroxylation sites is 1. The molecule has 0 bridgehead atoms. The Kier molecular flexibility index (Phi) is 6.53. The minimum Gasteiger partial charge on any atom is -0.496 e. The summed E-state index contributed by atoms with van der Waals surface area (Å²) in [7, 11) is 1.56. The molecule has 0 atom stereocenters. The highest BCUT2D eigenvalue weighted by Gasteiger charge is 2.28. The normalized spacial score (nSPS) is 14.4. The maximum atomic E-state index is 12.8. The zero-order chi connectivity index (χ0) is 19.9. The zero-order valence-electron chi connectivity index (χ0n) is 16.3. The Balaban J connectivity index is 1.54. The average molecular weight is 382 g/mol. The van der Waals surface area contributed by atoms with E-state index in [4.69, 9.17) is 9.47 Å². The summed E-state index contributed by atoms with van der Waals surface area (Å²) >= 11 is 0. The van der Waals surface area contributed by atoms with E-state index in [1.165, 1.54) is 0 Å². The van der Waals surface area contributed by atoms with Crippen LogP contribution in [0.3, 0.4) is 0 Å². The Labute approximate surface area is 165 Å². The molecule has 0 spiro atoms. The van der Waals surface area contributed by atoms with E-state index < -0.39 is 0 Å². The molecule has 0 radical (unpaired) electrons. The molecule has 1 saturated heterocycles. The molecule has 1 N–H and O–H groups in total. The van der Waals surface area contributed by atoms with Gasteiger partial charge >= 0.3 is 0 Å². The summed E-state index contributed by atoms with van der Waals surface area (Å²) in [6.07, 6.45) is 1.29. The van der Waals surface area contributed by atoms with Crippen LogP contribution in [-0.4, -0.2) is 43.5 Å². The van der Waals surface area contributed by atoms with E-state index in [1.807, 2.05) is 43.3 Å². The Morgan fingerprint density at radius 3 is 2.39 bits per heavy atom. The third kappa shape index (κ3) is 4.63. The Hall–Kier alpha value is -3.02. The molecule has 6 heteroatoms. The molecule has 1 fully saturated rings. The molecule has 148 valence electrons. The van der Waals surface area contributed by atoms with Gasteiger partial charge in [0.25, 0.3) is 5.91 Å². The van der Waals surface area contributed by atoms with Crippen molar-refractivity contribution in [3.8, 4) is 11.5 Å². The maximum Gasteiger partial charge on any atom is 0.257 e. The van der Waals surface area contributed by atoms with Gasteiger partial charge in [-0.25, -0.2) is 0 Å². The highest BCUT2D eigenvalue weighted by Crippen LogP contribution is 2.25. The molecule has 2 aromatic carbocycles. The van der Waals surface area contributed by atoms with Crippen molar-refractivity contribution in [3.05, 3.63) is 54.1 Å². The summed E-state index contributed by atoms with van der Waals surface area (Å²) in [6, 6.07) is 14.6. The molecule has 0 unspecified atom stereocenters. The van der Waals surface area contributed by atoms with Gasteiger partial charge in [-0.2, -0.15) is 0 Å². The van der Waals surface area contributed by atoms with Gasteiger partial charge in [-0.1, -0.05) is 12.1 Å². The number of hydrogen-bond donors (Lipinski definition) is 1. The number of methoxy groups -OCH3 is 1. The first kappa shape index (κ1) is 19.7. The first-order chi connectivity index (χ1) is 13.6. The summed E-state index contributed by atoms with van der Waals surface area (Å²) in [5, 5.41) is 2.96. The number of nitrogens with zero attached hydrogens (tertiary/aromatic N) is 1. The van der Waals surface area contributed by atoms with Crippen LogP contribution in [0.5, 0.6) is 11.5 Å². The van der Waals surface area contributed by atoms with Gasteiger partial charge in [0.1, 0.15) is 11.5 Å². The first-order valence-corrected chi connectivity index (χ1v) is 9.58. The van der Waals surface area contributed by atoms with Gasteiger partial charge in [-0.3, -0.25) is 9.59 Å². The van der Waals surface area contributed by atoms with Crippen molar-refractivity contribution in [2.24, 2.45) is 5.92 Å². The number of hydrogen-bond acceptors (Lipinski definition) is 4. The number of benzene rings is 2. The molecular weight excluding hydrogens is 356 g/mol. The number of piperidine rings is 1. The van der Waals surface area contributed by atoms with Gasteiger partial charge in [0.05, 0.1) is 19.3 Å². The predicted molar refractivity (Wildman–Crippen MR) is 108 cm³/mol. The zero-order valence-corrected chi connectivity index (χ0v) is 16.3. The molecule has 1 heterocycles. The van der Waals surface area contributed by atoms with Crippen LogP contribution in [-0.2, 0) is 4.79 Å². The SMILES string of the molecule is CCOc1ccc(NC(=O)C2CCN(C(=O)c3ccccc3OC)CC2)cc1. The summed E-state index contributed by atoms with van der Waals surface area (Å²) in [4.78, 5) is 27.1. The summed E-state index contributed by atoms with van der Waals surface area (Å²) in [6.45, 7) is 3.65. The fourth-order valence-electron chi connectivity index (χ4n) is 3.38. The van der Waals surface area contributed by atoms with Crippen molar-refractivity contribution in [3.63, 3.8) is 0 Å². The number of anilines is 1. The van der Waals surface area contributed by atoms with Crippen LogP contribution in [0.4, 0.5) is 5.69 Å². The molecule has 1 aliphatic heterocycles. The molecule has 2 aromatic rings. The average Bonchev–Trinajstić information content (AvgIpc) is 2.75. The van der Waals surface area contributed by atoms with Crippen LogP contribution in [0.15, 0.2) is 48.5 Å². The van der Waals surface area contributed by atoms with E-state index in [2.05, 4.69) is 5.32 Å². The largest absolute Gasteiger partial charge is 0.496 e. The molecule has 0 aliphatic carbocycles. The molecule has 0 saturated carbocycles. The van der Waals surface area contributed by atoms with Gasteiger partial charge in [0.2, 0.25) is 5.91 Å². The number of carbonyl (C=O) groups is 2. The number of likely N-dealkylation sites (tertiary alicyclic amines) is 1. The van der Waals surface area contributed by atoms with Crippen LogP contribution in [0.25, 0.3) is 0 Å². The van der Waals surface area contributed by atoms with E-state index in [0.29, 0.717) is 43.9 Å². The quantitative estimate of drug-likeness (QED) is 0.829. The molecule has 6 nitrogen and oxygen atoms in total. The Bertz CT molecular complexity index is 812. The number of carbonyl (C=O) groups excluding carboxylic acids is 2. The number of amides is 2. The Morgan fingerprint density at radius 1 is 1.07 bits per heavy atom. The minimum absolute atomic E-state index is 0.00597. The fourth-order valence-corrected chi connectivity index (χ4v) is 3.38. The second-order valence-corrected chi connectivity index (χ2v) is 6.71. The topological polar surface area (TPSA) is 67.9 Å². The van der Waals surface area contributed by atoms with Gasteiger partial charge in [-0.05, 0) is 56.2 Å². The smallest absolute Gasteiger partial charge is 0.257 e. The second-order valence-electron chi connectivity index (χ2n) is 6.71. The lowest BCUT2D eigenvalue weighted by Gasteiger charge is -2.31. The van der Waals surface area contributed by atoms with Gasteiger partial charge in [-0.15, -0.1) is 0 Å². The van der Waals surface area contributed by atoms with Crippen molar-refractivity contribution in [2.45, 2.75) is 19.8 Å². The van der Waals surface area contributed by atoms with Crippen LogP contribution < -0.4 is 14.8 Å². The fraction of sp³-hybridized carbons (Fsp3) is 0.364. The first-order valence-electron chi connectivity index (χ1n) is 9.58. The lowest BCUT2D eigenvalue weighted by atomic mass is 9.95. The van der Waals surface area contributed by atoms with Crippen molar-refractivity contribution in [2.75, 3.05) is 32.1 Å². The lowest BCUT2D eigenvalue weighted by molar-refractivity contribution is -0.121. The molecule has 0 aromatic heterocycles. The standard InChI is InChI=1S/C22H26N2O4/c1-3-28-18-10-8-17(9-11-18)23-21(25)16-12-14-24(15-13-16)22(26)19-6-4-5-7-20(19)27-2/h4-11,16H,3,12-15H2,1-2H3,(H,23,25). The van der Waals surface area contributed by atoms with Crippen molar-refractivity contribution < 1.29 is 19.1 Å². The van der Waals surface area contributed by atoms with Gasteiger partial charge < -0.3 is 19.7 Å². The van der Waals surface area contributed by atoms with E-state index in [0.717, 1.165) is 11.4 Å². The molecular formula is C22H26N2O4. The van der Waals surface area contributed by atoms with E-state index >= 15 is 0 Å². The monoisotopic (exact) mass is 382 g/mol. The van der Waals surface area contributed by atoms with Gasteiger partial charge in [0.15, 0.2) is 0 Å². The predicted octanol–water partition coefficient (Wildman–Crippen LogP) is 3.58. The van der Waals surface area contributed by atoms with Crippen molar-refractivity contribution >= 4 is 17.5 Å². The highest BCUT2D eigenvalue weighted by molar-refractivity contribution is 5.97. The lowest BCUT2D eigenvalue weighted by Crippen LogP contribution is -2.41. The number of rotatable bonds is 6. The Morgan fingerprint density at radius 2 is 1.75 bits per heavy atom. The van der Waals surface area contributed by atoms with Crippen LogP contribution in [0, 0.1) is 5.92 Å². The van der Waals surface area contributed by atoms with Crippen molar-refractivity contribution in [1.29, 1.82) is 0 Å². The van der Waals surface area contributed by atoms with E-state index in [9.17, 15) is 9.59 Å². The minimum atomic E-state index is -0.103. The summed E-state index contributed by atoms with van der Waals surface area (Å²) in [5.41, 5.74) is 1.31. The third-order valence-corrected chi connectivity index (χ3v) is 4.92. The highest BCUT2D eigenvalue weighted by atomic mass is 16.5. The van der Waals surface area contributed by atoms with E-state index in [-0.39, 0.29) is 17.7 Å².